The van der Waals surface area contributed by atoms with E-state index in [2.05, 4.69) is 15.7 Å². The number of aromatic nitrogens is 2. The second kappa shape index (κ2) is 7.50. The minimum absolute atomic E-state index is 0.130. The number of rotatable bonds is 6. The first-order valence-corrected chi connectivity index (χ1v) is 7.60. The smallest absolute Gasteiger partial charge is 0.271 e. The Morgan fingerprint density at radius 3 is 2.81 bits per heavy atom. The van der Waals surface area contributed by atoms with Gasteiger partial charge in [-0.3, -0.25) is 4.79 Å². The average molecular weight is 300 g/mol. The molecule has 21 heavy (non-hydrogen) atoms. The second-order valence-electron chi connectivity index (χ2n) is 4.50. The summed E-state index contributed by atoms with van der Waals surface area (Å²) in [6.45, 7) is 2.40. The molecule has 108 valence electrons. The summed E-state index contributed by atoms with van der Waals surface area (Å²) in [4.78, 5) is 14.9. The first-order chi connectivity index (χ1) is 10.3. The standard InChI is InChI=1S/C15H16N4OS/c1-2-7-13-14(21-18-17-13)15(20)19(11-6-10-16)12-8-4-3-5-9-12/h3-5,8-9H,2,6-7,11H2,1H3. The van der Waals surface area contributed by atoms with Crippen LogP contribution in [0.3, 0.4) is 0 Å². The molecular formula is C15H16N4OS. The number of benzene rings is 1. The third-order valence-corrected chi connectivity index (χ3v) is 3.75. The molecule has 0 spiro atoms. The fourth-order valence-electron chi connectivity index (χ4n) is 2.01. The molecule has 6 heteroatoms. The van der Waals surface area contributed by atoms with Crippen molar-refractivity contribution in [2.45, 2.75) is 26.2 Å². The number of aryl methyl sites for hydroxylation is 1. The van der Waals surface area contributed by atoms with Crippen LogP contribution >= 0.6 is 11.5 Å². The highest BCUT2D eigenvalue weighted by atomic mass is 32.1. The van der Waals surface area contributed by atoms with Crippen LogP contribution in [0.5, 0.6) is 0 Å². The fraction of sp³-hybridized carbons (Fsp3) is 0.333. The molecule has 0 aliphatic carbocycles. The summed E-state index contributed by atoms with van der Waals surface area (Å²) >= 11 is 1.12. The van der Waals surface area contributed by atoms with Crippen LogP contribution in [-0.2, 0) is 6.42 Å². The van der Waals surface area contributed by atoms with Gasteiger partial charge >= 0.3 is 0 Å². The SMILES string of the molecule is CCCc1nnsc1C(=O)N(CCC#N)c1ccccc1. The van der Waals surface area contributed by atoms with E-state index in [0.29, 0.717) is 11.4 Å². The van der Waals surface area contributed by atoms with Gasteiger partial charge in [-0.1, -0.05) is 36.0 Å². The van der Waals surface area contributed by atoms with Crippen molar-refractivity contribution < 1.29 is 4.79 Å². The van der Waals surface area contributed by atoms with E-state index in [4.69, 9.17) is 5.26 Å². The Balaban J connectivity index is 2.30. The maximum Gasteiger partial charge on any atom is 0.271 e. The van der Waals surface area contributed by atoms with Gasteiger partial charge in [-0.15, -0.1) is 5.10 Å². The zero-order valence-corrected chi connectivity index (χ0v) is 12.6. The highest BCUT2D eigenvalue weighted by molar-refractivity contribution is 7.08. The van der Waals surface area contributed by atoms with E-state index in [0.717, 1.165) is 35.8 Å². The molecule has 1 aromatic heterocycles. The average Bonchev–Trinajstić information content (AvgIpc) is 2.97. The first kappa shape index (κ1) is 15.1. The molecule has 0 N–H and O–H groups in total. The monoisotopic (exact) mass is 300 g/mol. The van der Waals surface area contributed by atoms with Gasteiger partial charge in [0.15, 0.2) is 0 Å². The third-order valence-electron chi connectivity index (χ3n) is 3.00. The van der Waals surface area contributed by atoms with E-state index in [1.54, 1.807) is 4.90 Å². The van der Waals surface area contributed by atoms with Crippen molar-refractivity contribution in [2.75, 3.05) is 11.4 Å². The third kappa shape index (κ3) is 3.64. The van der Waals surface area contributed by atoms with E-state index in [-0.39, 0.29) is 12.3 Å². The number of para-hydroxylation sites is 1. The van der Waals surface area contributed by atoms with Crippen molar-refractivity contribution in [1.29, 1.82) is 5.26 Å². The van der Waals surface area contributed by atoms with Crippen molar-refractivity contribution in [3.8, 4) is 6.07 Å². The second-order valence-corrected chi connectivity index (χ2v) is 5.25. The van der Waals surface area contributed by atoms with Crippen LogP contribution in [0.2, 0.25) is 0 Å². The molecule has 0 aliphatic heterocycles. The van der Waals surface area contributed by atoms with Gasteiger partial charge in [0.1, 0.15) is 4.88 Å². The molecule has 0 atom stereocenters. The van der Waals surface area contributed by atoms with Gasteiger partial charge in [0.25, 0.3) is 5.91 Å². The highest BCUT2D eigenvalue weighted by Gasteiger charge is 2.23. The lowest BCUT2D eigenvalue weighted by atomic mass is 10.2. The maximum absolute atomic E-state index is 12.8. The highest BCUT2D eigenvalue weighted by Crippen LogP contribution is 2.21. The molecule has 2 aromatic rings. The van der Waals surface area contributed by atoms with Crippen LogP contribution in [0.25, 0.3) is 0 Å². The number of hydrogen-bond acceptors (Lipinski definition) is 5. The Hall–Kier alpha value is -2.26. The molecule has 0 bridgehead atoms. The summed E-state index contributed by atoms with van der Waals surface area (Å²) < 4.78 is 3.90. The van der Waals surface area contributed by atoms with E-state index >= 15 is 0 Å². The topological polar surface area (TPSA) is 69.9 Å². The van der Waals surface area contributed by atoms with E-state index in [9.17, 15) is 4.79 Å². The van der Waals surface area contributed by atoms with Crippen LogP contribution in [0.15, 0.2) is 30.3 Å². The number of nitriles is 1. The molecule has 0 fully saturated rings. The zero-order valence-electron chi connectivity index (χ0n) is 11.8. The van der Waals surface area contributed by atoms with Gasteiger partial charge in [0, 0.05) is 12.2 Å². The Bertz CT molecular complexity index is 633. The largest absolute Gasteiger partial charge is 0.307 e. The molecule has 0 unspecified atom stereocenters. The molecule has 0 aliphatic rings. The lowest BCUT2D eigenvalue weighted by Crippen LogP contribution is -2.31. The Labute approximate surface area is 128 Å². The quantitative estimate of drug-likeness (QED) is 0.822. The number of carbonyl (C=O) groups is 1. The van der Waals surface area contributed by atoms with Crippen LogP contribution in [-0.4, -0.2) is 22.0 Å². The van der Waals surface area contributed by atoms with Crippen molar-refractivity contribution in [3.63, 3.8) is 0 Å². The first-order valence-electron chi connectivity index (χ1n) is 6.83. The Kier molecular flexibility index (Phi) is 5.41. The molecular weight excluding hydrogens is 284 g/mol. The Morgan fingerprint density at radius 1 is 1.38 bits per heavy atom. The van der Waals surface area contributed by atoms with Gasteiger partial charge in [0.05, 0.1) is 18.2 Å². The molecule has 2 rings (SSSR count). The lowest BCUT2D eigenvalue weighted by Gasteiger charge is -2.21. The van der Waals surface area contributed by atoms with Gasteiger partial charge in [-0.25, -0.2) is 0 Å². The number of nitrogens with zero attached hydrogens (tertiary/aromatic N) is 4. The normalized spacial score (nSPS) is 10.1. The molecule has 5 nitrogen and oxygen atoms in total. The molecule has 0 radical (unpaired) electrons. The predicted molar refractivity (Wildman–Crippen MR) is 82.3 cm³/mol. The molecule has 0 saturated heterocycles. The molecule has 1 heterocycles. The number of anilines is 1. The van der Waals surface area contributed by atoms with E-state index in [1.165, 1.54) is 0 Å². The van der Waals surface area contributed by atoms with Crippen molar-refractivity contribution in [2.24, 2.45) is 0 Å². The van der Waals surface area contributed by atoms with Gasteiger partial charge in [-0.05, 0) is 30.1 Å². The van der Waals surface area contributed by atoms with Crippen LogP contribution in [0.1, 0.15) is 35.1 Å². The fourth-order valence-corrected chi connectivity index (χ4v) is 2.67. The summed E-state index contributed by atoms with van der Waals surface area (Å²) in [6.07, 6.45) is 1.93. The molecule has 1 aromatic carbocycles. The summed E-state index contributed by atoms with van der Waals surface area (Å²) in [6, 6.07) is 11.5. The minimum Gasteiger partial charge on any atom is -0.307 e. The molecule has 1 amide bonds. The zero-order chi connectivity index (χ0) is 15.1. The van der Waals surface area contributed by atoms with Crippen LogP contribution in [0.4, 0.5) is 5.69 Å². The number of hydrogen-bond donors (Lipinski definition) is 0. The minimum atomic E-state index is -0.130. The van der Waals surface area contributed by atoms with Crippen LogP contribution < -0.4 is 4.90 Å². The number of carbonyl (C=O) groups excluding carboxylic acids is 1. The Morgan fingerprint density at radius 2 is 2.14 bits per heavy atom. The summed E-state index contributed by atoms with van der Waals surface area (Å²) in [7, 11) is 0. The number of amides is 1. The lowest BCUT2D eigenvalue weighted by molar-refractivity contribution is 0.0990. The van der Waals surface area contributed by atoms with E-state index < -0.39 is 0 Å². The maximum atomic E-state index is 12.8. The van der Waals surface area contributed by atoms with Crippen molar-refractivity contribution in [3.05, 3.63) is 40.9 Å². The summed E-state index contributed by atoms with van der Waals surface area (Å²) in [5.74, 6) is -0.130. The molecule has 0 saturated carbocycles. The summed E-state index contributed by atoms with van der Waals surface area (Å²) in [5.41, 5.74) is 1.53. The summed E-state index contributed by atoms with van der Waals surface area (Å²) in [5, 5.41) is 12.8. The van der Waals surface area contributed by atoms with Crippen molar-refractivity contribution >= 4 is 23.1 Å². The van der Waals surface area contributed by atoms with E-state index in [1.807, 2.05) is 37.3 Å². The predicted octanol–water partition coefficient (Wildman–Crippen LogP) is 3.05. The van der Waals surface area contributed by atoms with Gasteiger partial charge in [0.2, 0.25) is 0 Å². The van der Waals surface area contributed by atoms with Crippen molar-refractivity contribution in [1.82, 2.24) is 9.59 Å². The van der Waals surface area contributed by atoms with Crippen LogP contribution in [0, 0.1) is 11.3 Å². The van der Waals surface area contributed by atoms with Gasteiger partial charge < -0.3 is 4.90 Å². The van der Waals surface area contributed by atoms with Gasteiger partial charge in [-0.2, -0.15) is 5.26 Å².